The molecule has 0 saturated carbocycles. The number of hydrogen-bond donors (Lipinski definition) is 1. The van der Waals surface area contributed by atoms with Gasteiger partial charge >= 0.3 is 0 Å². The summed E-state index contributed by atoms with van der Waals surface area (Å²) >= 11 is 6.19. The summed E-state index contributed by atoms with van der Waals surface area (Å²) in [5, 5.41) is 3.41. The number of nitrogens with zero attached hydrogens (tertiary/aromatic N) is 2. The third-order valence-corrected chi connectivity index (χ3v) is 9.14. The van der Waals surface area contributed by atoms with Crippen LogP contribution in [0.25, 0.3) is 0 Å². The number of sulfonamides is 1. The Bertz CT molecular complexity index is 1460. The Morgan fingerprint density at radius 3 is 2.22 bits per heavy atom. The third-order valence-electron chi connectivity index (χ3n) is 7.13. The van der Waals surface area contributed by atoms with Gasteiger partial charge in [-0.2, -0.15) is 0 Å². The minimum Gasteiger partial charge on any atom is -0.354 e. The van der Waals surface area contributed by atoms with Crippen molar-refractivity contribution in [2.45, 2.75) is 71.4 Å². The van der Waals surface area contributed by atoms with Crippen LogP contribution in [0, 0.1) is 20.8 Å². The summed E-state index contributed by atoms with van der Waals surface area (Å²) in [6.45, 7) is 9.67. The van der Waals surface area contributed by atoms with Gasteiger partial charge in [0, 0.05) is 18.1 Å². The van der Waals surface area contributed by atoms with Crippen LogP contribution in [0.15, 0.2) is 71.6 Å². The van der Waals surface area contributed by atoms with Gasteiger partial charge in [-0.25, -0.2) is 8.42 Å². The number of carbonyl (C=O) groups excluding carboxylic acids is 2. The van der Waals surface area contributed by atoms with Crippen molar-refractivity contribution in [3.8, 4) is 0 Å². The van der Waals surface area contributed by atoms with Crippen LogP contribution in [0.2, 0.25) is 5.02 Å². The first-order valence-electron chi connectivity index (χ1n) is 14.0. The number of carbonyl (C=O) groups is 2. The molecule has 2 amide bonds. The Labute approximate surface area is 249 Å². The van der Waals surface area contributed by atoms with Gasteiger partial charge in [0.25, 0.3) is 10.0 Å². The van der Waals surface area contributed by atoms with E-state index in [9.17, 15) is 18.0 Å². The van der Waals surface area contributed by atoms with E-state index in [1.54, 1.807) is 37.3 Å². The van der Waals surface area contributed by atoms with Gasteiger partial charge in [-0.05, 0) is 80.6 Å². The van der Waals surface area contributed by atoms with Crippen LogP contribution in [-0.4, -0.2) is 44.3 Å². The Morgan fingerprint density at radius 2 is 1.61 bits per heavy atom. The normalized spacial score (nSPS) is 12.0. The highest BCUT2D eigenvalue weighted by Crippen LogP contribution is 2.30. The van der Waals surface area contributed by atoms with Crippen molar-refractivity contribution < 1.29 is 18.0 Å². The quantitative estimate of drug-likeness (QED) is 0.238. The number of aryl methyl sites for hydroxylation is 3. The molecular formula is C32H40ClN3O4S. The summed E-state index contributed by atoms with van der Waals surface area (Å²) in [6, 6.07) is 18.3. The van der Waals surface area contributed by atoms with Gasteiger partial charge in [0.05, 0.1) is 10.6 Å². The molecular weight excluding hydrogens is 558 g/mol. The fraction of sp³-hybridized carbons (Fsp3) is 0.375. The molecule has 9 heteroatoms. The predicted octanol–water partition coefficient (Wildman–Crippen LogP) is 6.18. The van der Waals surface area contributed by atoms with Gasteiger partial charge in [0.1, 0.15) is 12.6 Å². The van der Waals surface area contributed by atoms with E-state index in [4.69, 9.17) is 11.6 Å². The average Bonchev–Trinajstić information content (AvgIpc) is 2.93. The molecule has 7 nitrogen and oxygen atoms in total. The molecule has 0 aliphatic heterocycles. The largest absolute Gasteiger partial charge is 0.354 e. The molecule has 0 radical (unpaired) electrons. The van der Waals surface area contributed by atoms with E-state index < -0.39 is 28.5 Å². The molecule has 1 N–H and O–H groups in total. The minimum absolute atomic E-state index is 0.0695. The smallest absolute Gasteiger partial charge is 0.264 e. The molecule has 0 saturated heterocycles. The zero-order valence-electron chi connectivity index (χ0n) is 24.5. The van der Waals surface area contributed by atoms with Crippen molar-refractivity contribution in [2.24, 2.45) is 0 Å². The first-order valence-corrected chi connectivity index (χ1v) is 15.8. The molecule has 0 heterocycles. The van der Waals surface area contributed by atoms with Gasteiger partial charge in [-0.15, -0.1) is 0 Å². The van der Waals surface area contributed by atoms with Crippen molar-refractivity contribution in [1.29, 1.82) is 0 Å². The summed E-state index contributed by atoms with van der Waals surface area (Å²) in [7, 11) is -4.14. The molecule has 0 aromatic heterocycles. The Morgan fingerprint density at radius 1 is 0.927 bits per heavy atom. The summed E-state index contributed by atoms with van der Waals surface area (Å²) < 4.78 is 29.2. The maximum atomic E-state index is 14.2. The second-order valence-electron chi connectivity index (χ2n) is 10.3. The van der Waals surface area contributed by atoms with Gasteiger partial charge in [0.15, 0.2) is 0 Å². The number of anilines is 1. The number of hydrogen-bond acceptors (Lipinski definition) is 4. The molecule has 0 aliphatic carbocycles. The third kappa shape index (κ3) is 8.11. The zero-order valence-corrected chi connectivity index (χ0v) is 26.1. The van der Waals surface area contributed by atoms with E-state index in [2.05, 4.69) is 5.32 Å². The van der Waals surface area contributed by atoms with Crippen LogP contribution in [0.1, 0.15) is 55.4 Å². The minimum atomic E-state index is -4.14. The molecule has 41 heavy (non-hydrogen) atoms. The Kier molecular flexibility index (Phi) is 11.4. The highest BCUT2D eigenvalue weighted by molar-refractivity contribution is 7.92. The number of amides is 2. The lowest BCUT2D eigenvalue weighted by Crippen LogP contribution is -2.52. The number of benzene rings is 3. The maximum absolute atomic E-state index is 14.2. The van der Waals surface area contributed by atoms with E-state index in [-0.39, 0.29) is 17.3 Å². The van der Waals surface area contributed by atoms with Gasteiger partial charge in [-0.1, -0.05) is 73.8 Å². The van der Waals surface area contributed by atoms with Crippen LogP contribution in [-0.2, 0) is 26.2 Å². The molecule has 1 unspecified atom stereocenters. The van der Waals surface area contributed by atoms with E-state index in [1.165, 1.54) is 17.0 Å². The van der Waals surface area contributed by atoms with Crippen LogP contribution in [0.4, 0.5) is 5.69 Å². The first kappa shape index (κ1) is 32.2. The van der Waals surface area contributed by atoms with E-state index >= 15 is 0 Å². The Balaban J connectivity index is 2.08. The highest BCUT2D eigenvalue weighted by Gasteiger charge is 2.34. The summed E-state index contributed by atoms with van der Waals surface area (Å²) in [5.41, 5.74) is 3.73. The van der Waals surface area contributed by atoms with Crippen LogP contribution in [0.3, 0.4) is 0 Å². The average molecular weight is 598 g/mol. The van der Waals surface area contributed by atoms with Crippen molar-refractivity contribution >= 4 is 39.1 Å². The second-order valence-corrected chi connectivity index (χ2v) is 12.6. The molecule has 3 rings (SSSR count). The summed E-state index contributed by atoms with van der Waals surface area (Å²) in [4.78, 5) is 29.1. The Hall–Kier alpha value is -3.36. The number of halogens is 1. The van der Waals surface area contributed by atoms with Crippen molar-refractivity contribution in [2.75, 3.05) is 17.4 Å². The number of unbranched alkanes of at least 4 members (excludes halogenated alkanes) is 1. The fourth-order valence-electron chi connectivity index (χ4n) is 4.65. The first-order chi connectivity index (χ1) is 19.5. The SMILES string of the molecule is CCCCNC(=O)C(CC)N(Cc1ccccc1C)C(=O)CN(c1ccc(Cl)cc1C)S(=O)(=O)c1ccc(C)cc1. The number of rotatable bonds is 13. The highest BCUT2D eigenvalue weighted by atomic mass is 35.5. The lowest BCUT2D eigenvalue weighted by atomic mass is 10.1. The maximum Gasteiger partial charge on any atom is 0.264 e. The van der Waals surface area contributed by atoms with E-state index in [1.807, 2.05) is 52.0 Å². The van der Waals surface area contributed by atoms with Gasteiger partial charge in [-0.3, -0.25) is 13.9 Å². The molecule has 1 atom stereocenters. The van der Waals surface area contributed by atoms with Crippen molar-refractivity contribution in [3.05, 3.63) is 94.0 Å². The molecule has 3 aromatic carbocycles. The molecule has 220 valence electrons. The summed E-state index contributed by atoms with van der Waals surface area (Å²) in [6.07, 6.45) is 2.13. The standard InChI is InChI=1S/C32H40ClN3O4S/c1-6-8-19-34-32(38)29(7-2)35(21-26-12-10-9-11-24(26)4)31(37)22-36(30-18-15-27(33)20-25(30)5)41(39,40)28-16-13-23(3)14-17-28/h9-18,20,29H,6-8,19,21-22H2,1-5H3,(H,34,38). The molecule has 0 fully saturated rings. The van der Waals surface area contributed by atoms with Crippen LogP contribution in [0.5, 0.6) is 0 Å². The van der Waals surface area contributed by atoms with Crippen LogP contribution < -0.4 is 9.62 Å². The van der Waals surface area contributed by atoms with E-state index in [0.717, 1.165) is 33.8 Å². The topological polar surface area (TPSA) is 86.8 Å². The van der Waals surface area contributed by atoms with Crippen molar-refractivity contribution in [3.63, 3.8) is 0 Å². The monoisotopic (exact) mass is 597 g/mol. The van der Waals surface area contributed by atoms with Gasteiger partial charge in [0.2, 0.25) is 11.8 Å². The van der Waals surface area contributed by atoms with Crippen LogP contribution >= 0.6 is 11.6 Å². The summed E-state index contributed by atoms with van der Waals surface area (Å²) in [5.74, 6) is -0.728. The van der Waals surface area contributed by atoms with Gasteiger partial charge < -0.3 is 10.2 Å². The molecule has 0 aliphatic rings. The predicted molar refractivity (Wildman–Crippen MR) is 166 cm³/mol. The molecule has 0 bridgehead atoms. The second kappa shape index (κ2) is 14.5. The molecule has 3 aromatic rings. The zero-order chi connectivity index (χ0) is 30.2. The fourth-order valence-corrected chi connectivity index (χ4v) is 6.35. The lowest BCUT2D eigenvalue weighted by molar-refractivity contribution is -0.140. The molecule has 0 spiro atoms. The van der Waals surface area contributed by atoms with Crippen molar-refractivity contribution in [1.82, 2.24) is 10.2 Å². The van der Waals surface area contributed by atoms with E-state index in [0.29, 0.717) is 29.2 Å². The lowest BCUT2D eigenvalue weighted by Gasteiger charge is -2.34. The number of nitrogens with one attached hydrogen (secondary N) is 1.